The molecule has 0 aliphatic heterocycles. The van der Waals surface area contributed by atoms with Crippen LogP contribution in [0.2, 0.25) is 0 Å². The second-order valence-corrected chi connectivity index (χ2v) is 13.9. The van der Waals surface area contributed by atoms with Gasteiger partial charge in [0.15, 0.2) is 0 Å². The Balaban J connectivity index is 1.97. The van der Waals surface area contributed by atoms with Crippen molar-refractivity contribution >= 4 is 0 Å². The van der Waals surface area contributed by atoms with Gasteiger partial charge in [-0.25, -0.2) is 0 Å². The molecule has 3 rings (SSSR count). The molecule has 232 valence electrons. The van der Waals surface area contributed by atoms with Crippen molar-refractivity contribution in [3.8, 4) is 0 Å². The molecule has 40 heavy (non-hydrogen) atoms. The molecule has 10 heteroatoms. The predicted molar refractivity (Wildman–Crippen MR) is 140 cm³/mol. The summed E-state index contributed by atoms with van der Waals surface area (Å²) in [6, 6.07) is 0. The van der Waals surface area contributed by atoms with E-state index in [9.17, 15) is 46.8 Å². The van der Waals surface area contributed by atoms with Gasteiger partial charge in [0, 0.05) is 0 Å². The predicted octanol–water partition coefficient (Wildman–Crippen LogP) is 7.15. The molecule has 2 unspecified atom stereocenters. The third kappa shape index (κ3) is 7.09. The first-order valence-corrected chi connectivity index (χ1v) is 14.4. The second kappa shape index (κ2) is 11.5. The number of allylic oxidation sites excluding steroid dienone is 3. The summed E-state index contributed by atoms with van der Waals surface area (Å²) in [5, 5.41) is 40.5. The first-order valence-electron chi connectivity index (χ1n) is 14.4. The van der Waals surface area contributed by atoms with Gasteiger partial charge in [-0.15, -0.1) is 0 Å². The third-order valence-corrected chi connectivity index (χ3v) is 10.0. The van der Waals surface area contributed by atoms with Crippen LogP contribution >= 0.6 is 0 Å². The molecule has 0 radical (unpaired) electrons. The van der Waals surface area contributed by atoms with E-state index in [4.69, 9.17) is 0 Å². The van der Waals surface area contributed by atoms with E-state index >= 15 is 0 Å². The van der Waals surface area contributed by atoms with Crippen molar-refractivity contribution in [1.82, 2.24) is 0 Å². The zero-order chi connectivity index (χ0) is 30.4. The fourth-order valence-corrected chi connectivity index (χ4v) is 8.17. The zero-order valence-corrected chi connectivity index (χ0v) is 24.0. The SMILES string of the molecule is CC(C)(O)CCC[C@](C)(CC(O)(C(F)(F)F)C(F)(F)F)[C@H]1CCC2/C(=C/C=C3/CC(O)C[C@H](O)C3)CCC[C@@]21C. The zero-order valence-electron chi connectivity index (χ0n) is 24.0. The monoisotopic (exact) mass is 584 g/mol. The fraction of sp³-hybridized carbons (Fsp3) is 0.867. The van der Waals surface area contributed by atoms with Crippen molar-refractivity contribution in [2.45, 2.75) is 141 Å². The number of rotatable bonds is 8. The minimum Gasteiger partial charge on any atom is -0.393 e. The summed E-state index contributed by atoms with van der Waals surface area (Å²) in [5.41, 5.74) is -6.00. The van der Waals surface area contributed by atoms with Gasteiger partial charge >= 0.3 is 12.4 Å². The van der Waals surface area contributed by atoms with E-state index in [2.05, 4.69) is 0 Å². The van der Waals surface area contributed by atoms with Crippen LogP contribution in [0.25, 0.3) is 0 Å². The number of aliphatic hydroxyl groups excluding tert-OH is 2. The molecule has 0 bridgehead atoms. The van der Waals surface area contributed by atoms with Gasteiger partial charge in [-0.05, 0) is 107 Å². The number of aliphatic hydroxyl groups is 4. The van der Waals surface area contributed by atoms with Crippen LogP contribution in [0.5, 0.6) is 0 Å². The highest BCUT2D eigenvalue weighted by Crippen LogP contribution is 2.65. The van der Waals surface area contributed by atoms with E-state index in [1.54, 1.807) is 13.8 Å². The second-order valence-electron chi connectivity index (χ2n) is 13.9. The lowest BCUT2D eigenvalue weighted by Crippen LogP contribution is -2.60. The Hall–Kier alpha value is -1.10. The third-order valence-electron chi connectivity index (χ3n) is 10.0. The molecule has 0 heterocycles. The lowest BCUT2D eigenvalue weighted by molar-refractivity contribution is -0.378. The van der Waals surface area contributed by atoms with Gasteiger partial charge in [-0.2, -0.15) is 26.3 Å². The summed E-state index contributed by atoms with van der Waals surface area (Å²) >= 11 is 0. The Morgan fingerprint density at radius 1 is 0.875 bits per heavy atom. The Labute approximate surface area is 233 Å². The molecular weight excluding hydrogens is 538 g/mol. The summed E-state index contributed by atoms with van der Waals surface area (Å²) in [4.78, 5) is 0. The molecule has 3 aliphatic rings. The molecule has 0 saturated heterocycles. The lowest BCUT2D eigenvalue weighted by atomic mass is 9.54. The first kappa shape index (κ1) is 33.4. The quantitative estimate of drug-likeness (QED) is 0.228. The molecule has 3 fully saturated rings. The maximum Gasteiger partial charge on any atom is 0.426 e. The maximum absolute atomic E-state index is 13.9. The highest BCUT2D eigenvalue weighted by atomic mass is 19.4. The Bertz CT molecular complexity index is 923. The van der Waals surface area contributed by atoms with E-state index in [1.165, 1.54) is 6.92 Å². The van der Waals surface area contributed by atoms with Crippen LogP contribution < -0.4 is 0 Å². The minimum absolute atomic E-state index is 0.0112. The van der Waals surface area contributed by atoms with Gasteiger partial charge in [0.1, 0.15) is 0 Å². The minimum atomic E-state index is -5.89. The largest absolute Gasteiger partial charge is 0.426 e. The first-order chi connectivity index (χ1) is 18.1. The van der Waals surface area contributed by atoms with E-state index in [0.717, 1.165) is 24.0 Å². The van der Waals surface area contributed by atoms with Crippen LogP contribution in [0.15, 0.2) is 23.3 Å². The van der Waals surface area contributed by atoms with Crippen molar-refractivity contribution in [3.05, 3.63) is 23.3 Å². The van der Waals surface area contributed by atoms with E-state index in [0.29, 0.717) is 38.5 Å². The van der Waals surface area contributed by atoms with Crippen molar-refractivity contribution < 1.29 is 46.8 Å². The number of fused-ring (bicyclic) bond motifs is 1. The lowest BCUT2D eigenvalue weighted by Gasteiger charge is -2.51. The summed E-state index contributed by atoms with van der Waals surface area (Å²) in [6.45, 7) is 6.53. The highest BCUT2D eigenvalue weighted by molar-refractivity contribution is 5.27. The summed E-state index contributed by atoms with van der Waals surface area (Å²) in [7, 11) is 0. The molecule has 4 N–H and O–H groups in total. The molecule has 3 saturated carbocycles. The Morgan fingerprint density at radius 2 is 1.45 bits per heavy atom. The van der Waals surface area contributed by atoms with Crippen molar-refractivity contribution in [2.75, 3.05) is 0 Å². The topological polar surface area (TPSA) is 80.9 Å². The molecule has 0 aromatic rings. The fourth-order valence-electron chi connectivity index (χ4n) is 8.17. The van der Waals surface area contributed by atoms with Crippen LogP contribution in [0.3, 0.4) is 0 Å². The van der Waals surface area contributed by atoms with Gasteiger partial charge in [0.2, 0.25) is 0 Å². The normalized spacial score (nSPS) is 34.2. The highest BCUT2D eigenvalue weighted by Gasteiger charge is 2.72. The van der Waals surface area contributed by atoms with Crippen molar-refractivity contribution in [2.24, 2.45) is 22.7 Å². The summed E-state index contributed by atoms with van der Waals surface area (Å²) < 4.78 is 83.3. The van der Waals surface area contributed by atoms with Crippen LogP contribution in [0, 0.1) is 22.7 Å². The number of alkyl halides is 6. The number of halogens is 6. The van der Waals surface area contributed by atoms with Gasteiger partial charge in [-0.3, -0.25) is 0 Å². The molecule has 0 aromatic heterocycles. The van der Waals surface area contributed by atoms with Gasteiger partial charge in [-0.1, -0.05) is 43.6 Å². The van der Waals surface area contributed by atoms with E-state index in [-0.39, 0.29) is 25.2 Å². The Morgan fingerprint density at radius 3 is 1.98 bits per heavy atom. The average molecular weight is 585 g/mol. The van der Waals surface area contributed by atoms with E-state index in [1.807, 2.05) is 19.1 Å². The summed E-state index contributed by atoms with van der Waals surface area (Å²) in [6.07, 6.45) is -5.68. The Kier molecular flexibility index (Phi) is 9.63. The van der Waals surface area contributed by atoms with Gasteiger partial charge in [0.25, 0.3) is 5.60 Å². The standard InChI is InChI=1S/C30H46F6O4/c1-25(2,39)12-6-13-26(3,18-28(40,29(31,32)33)30(34,35)36)24-11-10-23-20(7-5-14-27(23,24)4)9-8-19-15-21(37)17-22(38)16-19/h8-9,21-24,37-40H,5-7,10-18H2,1-4H3/b19-8-,20-9+/t21?,22-,23?,24-,26-,27+/m1/s1. The van der Waals surface area contributed by atoms with Crippen LogP contribution in [0.1, 0.15) is 105 Å². The van der Waals surface area contributed by atoms with Crippen LogP contribution in [0.4, 0.5) is 26.3 Å². The van der Waals surface area contributed by atoms with Gasteiger partial charge < -0.3 is 20.4 Å². The van der Waals surface area contributed by atoms with Crippen molar-refractivity contribution in [3.63, 3.8) is 0 Å². The molecule has 0 aromatic carbocycles. The maximum atomic E-state index is 13.9. The van der Waals surface area contributed by atoms with Crippen LogP contribution in [-0.4, -0.2) is 56.2 Å². The number of hydrogen-bond acceptors (Lipinski definition) is 4. The molecule has 4 nitrogen and oxygen atoms in total. The van der Waals surface area contributed by atoms with E-state index < -0.39 is 58.9 Å². The number of hydrogen-bond donors (Lipinski definition) is 4. The molecule has 0 amide bonds. The van der Waals surface area contributed by atoms with Crippen LogP contribution in [-0.2, 0) is 0 Å². The van der Waals surface area contributed by atoms with Gasteiger partial charge in [0.05, 0.1) is 17.8 Å². The van der Waals surface area contributed by atoms with Crippen molar-refractivity contribution in [1.29, 1.82) is 0 Å². The molecule has 3 aliphatic carbocycles. The smallest absolute Gasteiger partial charge is 0.393 e. The summed E-state index contributed by atoms with van der Waals surface area (Å²) in [5.74, 6) is -0.530. The molecule has 6 atom stereocenters. The molecular formula is C30H46F6O4. The molecule has 0 spiro atoms. The average Bonchev–Trinajstić information content (AvgIpc) is 3.13.